The molecule has 0 saturated heterocycles. The van der Waals surface area contributed by atoms with E-state index in [9.17, 15) is 4.79 Å². The van der Waals surface area contributed by atoms with Gasteiger partial charge in [-0.15, -0.1) is 0 Å². The van der Waals surface area contributed by atoms with Gasteiger partial charge in [0.1, 0.15) is 0 Å². The highest BCUT2D eigenvalue weighted by molar-refractivity contribution is 8.00. The molecule has 1 nitrogen and oxygen atoms in total. The van der Waals surface area contributed by atoms with Crippen LogP contribution in [0, 0.1) is 5.92 Å². The molecule has 0 aromatic rings. The molecule has 116 valence electrons. The molecule has 0 N–H and O–H groups in total. The van der Waals surface area contributed by atoms with Crippen LogP contribution in [0.1, 0.15) is 58.8 Å². The Morgan fingerprint density at radius 2 is 1.85 bits per heavy atom. The van der Waals surface area contributed by atoms with Crippen LogP contribution in [0.4, 0.5) is 0 Å². The number of Topliss-reactive ketones (excluding diaryl/α,β-unsaturated/α-hetero) is 1. The zero-order valence-corrected chi connectivity index (χ0v) is 14.8. The van der Waals surface area contributed by atoms with Crippen LogP contribution in [0.2, 0.25) is 0 Å². The topological polar surface area (TPSA) is 17.1 Å². The molecule has 3 heteroatoms. The molecule has 1 unspecified atom stereocenters. The molecule has 0 aliphatic heterocycles. The molecular weight excluding hydrogens is 284 g/mol. The summed E-state index contributed by atoms with van der Waals surface area (Å²) in [5.41, 5.74) is 1.13. The average molecular weight is 315 g/mol. The first-order valence-corrected chi connectivity index (χ1v) is 10.5. The molecule has 1 aliphatic rings. The highest BCUT2D eigenvalue weighted by Gasteiger charge is 2.22. The van der Waals surface area contributed by atoms with E-state index in [4.69, 9.17) is 0 Å². The van der Waals surface area contributed by atoms with E-state index in [0.29, 0.717) is 11.7 Å². The van der Waals surface area contributed by atoms with Crippen LogP contribution < -0.4 is 0 Å². The first-order chi connectivity index (χ1) is 9.77. The quantitative estimate of drug-likeness (QED) is 0.452. The van der Waals surface area contributed by atoms with Crippen molar-refractivity contribution in [2.75, 3.05) is 23.0 Å². The van der Waals surface area contributed by atoms with Crippen LogP contribution >= 0.6 is 23.5 Å². The summed E-state index contributed by atoms with van der Waals surface area (Å²) < 4.78 is 0. The summed E-state index contributed by atoms with van der Waals surface area (Å²) in [6.07, 6.45) is 10.2. The van der Waals surface area contributed by atoms with Gasteiger partial charge in [0.05, 0.1) is 0 Å². The van der Waals surface area contributed by atoms with Gasteiger partial charge in [0.2, 0.25) is 0 Å². The number of unbranched alkanes of at least 4 members (excludes halogenated alkanes) is 1. The van der Waals surface area contributed by atoms with Gasteiger partial charge in [-0.1, -0.05) is 26.3 Å². The van der Waals surface area contributed by atoms with Crippen molar-refractivity contribution in [3.8, 4) is 0 Å². The summed E-state index contributed by atoms with van der Waals surface area (Å²) in [6.45, 7) is 4.41. The van der Waals surface area contributed by atoms with Gasteiger partial charge in [0.15, 0.2) is 5.78 Å². The van der Waals surface area contributed by atoms with Gasteiger partial charge in [0.25, 0.3) is 0 Å². The summed E-state index contributed by atoms with van der Waals surface area (Å²) in [4.78, 5) is 11.9. The van der Waals surface area contributed by atoms with Crippen molar-refractivity contribution in [3.63, 3.8) is 0 Å². The minimum Gasteiger partial charge on any atom is -0.295 e. The summed E-state index contributed by atoms with van der Waals surface area (Å²) in [5, 5.41) is 0. The molecule has 0 saturated carbocycles. The highest BCUT2D eigenvalue weighted by Crippen LogP contribution is 2.28. The molecule has 20 heavy (non-hydrogen) atoms. The van der Waals surface area contributed by atoms with Gasteiger partial charge < -0.3 is 0 Å². The van der Waals surface area contributed by atoms with Crippen LogP contribution in [-0.4, -0.2) is 28.8 Å². The number of allylic oxidation sites excluding steroid dienone is 2. The van der Waals surface area contributed by atoms with Crippen molar-refractivity contribution in [2.24, 2.45) is 5.92 Å². The lowest BCUT2D eigenvalue weighted by Crippen LogP contribution is -1.99. The lowest BCUT2D eigenvalue weighted by atomic mass is 10.0. The number of rotatable bonds is 12. The van der Waals surface area contributed by atoms with Crippen LogP contribution in [0.15, 0.2) is 11.6 Å². The molecule has 0 heterocycles. The summed E-state index contributed by atoms with van der Waals surface area (Å²) in [5.74, 6) is 6.09. The number of thioether (sulfide) groups is 2. The molecule has 0 aromatic carbocycles. The van der Waals surface area contributed by atoms with E-state index >= 15 is 0 Å². The Kier molecular flexibility index (Phi) is 10.7. The summed E-state index contributed by atoms with van der Waals surface area (Å²) in [7, 11) is 0. The second kappa shape index (κ2) is 11.7. The van der Waals surface area contributed by atoms with Crippen molar-refractivity contribution >= 4 is 29.3 Å². The van der Waals surface area contributed by atoms with E-state index in [0.717, 1.165) is 24.8 Å². The van der Waals surface area contributed by atoms with Crippen LogP contribution in [0.25, 0.3) is 0 Å². The fourth-order valence-electron chi connectivity index (χ4n) is 2.54. The normalized spacial score (nSPS) is 18.6. The maximum atomic E-state index is 11.9. The van der Waals surface area contributed by atoms with Gasteiger partial charge in [-0.05, 0) is 66.6 Å². The average Bonchev–Trinajstić information content (AvgIpc) is 2.80. The molecule has 0 spiro atoms. The van der Waals surface area contributed by atoms with E-state index in [-0.39, 0.29) is 0 Å². The van der Waals surface area contributed by atoms with Crippen molar-refractivity contribution in [1.29, 1.82) is 0 Å². The van der Waals surface area contributed by atoms with Crippen molar-refractivity contribution in [1.82, 2.24) is 0 Å². The lowest BCUT2D eigenvalue weighted by molar-refractivity contribution is -0.115. The Hall–Kier alpha value is 0.110. The number of hydrogen-bond acceptors (Lipinski definition) is 3. The Balaban J connectivity index is 2.02. The third kappa shape index (κ3) is 7.78. The Morgan fingerprint density at radius 1 is 1.10 bits per heavy atom. The first-order valence-electron chi connectivity index (χ1n) is 8.17. The predicted octanol–water partition coefficient (Wildman–Crippen LogP) is 5.35. The summed E-state index contributed by atoms with van der Waals surface area (Å²) in [6, 6.07) is 0. The van der Waals surface area contributed by atoms with Crippen molar-refractivity contribution in [2.45, 2.75) is 58.8 Å². The third-order valence-electron chi connectivity index (χ3n) is 3.69. The smallest absolute Gasteiger partial charge is 0.159 e. The molecule has 0 radical (unpaired) electrons. The van der Waals surface area contributed by atoms with Crippen LogP contribution in [0.3, 0.4) is 0 Å². The molecular formula is C17H30OS2. The molecule has 1 rings (SSSR count). The van der Waals surface area contributed by atoms with Gasteiger partial charge in [-0.25, -0.2) is 0 Å². The maximum absolute atomic E-state index is 11.9. The molecule has 0 bridgehead atoms. The largest absolute Gasteiger partial charge is 0.295 e. The maximum Gasteiger partial charge on any atom is 0.159 e. The standard InChI is InChI=1S/C17H30OS2/c1-3-5-9-16-13-15(14-17(16)18)8-6-10-20-12-7-11-19-4-2/h13,15H,3-12,14H2,1-2H3. The number of hydrogen-bond donors (Lipinski definition) is 0. The number of carbonyl (C=O) groups excluding carboxylic acids is 1. The number of carbonyl (C=O) groups is 1. The molecule has 0 amide bonds. The van der Waals surface area contributed by atoms with Crippen LogP contribution in [-0.2, 0) is 4.79 Å². The third-order valence-corrected chi connectivity index (χ3v) is 5.83. The van der Waals surface area contributed by atoms with Crippen molar-refractivity contribution in [3.05, 3.63) is 11.6 Å². The van der Waals surface area contributed by atoms with E-state index in [1.807, 2.05) is 11.8 Å². The van der Waals surface area contributed by atoms with E-state index in [1.165, 1.54) is 48.7 Å². The fraction of sp³-hybridized carbons (Fsp3) is 0.824. The molecule has 0 aromatic heterocycles. The molecule has 0 fully saturated rings. The first kappa shape index (κ1) is 18.2. The second-order valence-electron chi connectivity index (χ2n) is 5.49. The Labute approximate surface area is 133 Å². The van der Waals surface area contributed by atoms with Gasteiger partial charge in [-0.3, -0.25) is 4.79 Å². The van der Waals surface area contributed by atoms with Crippen LogP contribution in [0.5, 0.6) is 0 Å². The minimum absolute atomic E-state index is 0.424. The molecule has 1 atom stereocenters. The molecule has 1 aliphatic carbocycles. The number of ketones is 1. The Bertz CT molecular complexity index is 299. The Morgan fingerprint density at radius 3 is 2.60 bits per heavy atom. The van der Waals surface area contributed by atoms with Crippen molar-refractivity contribution < 1.29 is 4.79 Å². The second-order valence-corrected chi connectivity index (χ2v) is 8.11. The monoisotopic (exact) mass is 314 g/mol. The lowest BCUT2D eigenvalue weighted by Gasteiger charge is -2.06. The fourth-order valence-corrected chi connectivity index (χ4v) is 4.28. The highest BCUT2D eigenvalue weighted by atomic mass is 32.2. The predicted molar refractivity (Wildman–Crippen MR) is 94.9 cm³/mol. The van der Waals surface area contributed by atoms with E-state index in [1.54, 1.807) is 0 Å². The zero-order valence-electron chi connectivity index (χ0n) is 13.2. The zero-order chi connectivity index (χ0) is 14.6. The van der Waals surface area contributed by atoms with Gasteiger partial charge >= 0.3 is 0 Å². The summed E-state index contributed by atoms with van der Waals surface area (Å²) >= 11 is 4.12. The minimum atomic E-state index is 0.424. The van der Waals surface area contributed by atoms with E-state index in [2.05, 4.69) is 31.7 Å². The SMILES string of the molecule is CCCCC1=CC(CCCSCCCSCC)CC1=O. The van der Waals surface area contributed by atoms with Gasteiger partial charge in [0, 0.05) is 6.42 Å². The van der Waals surface area contributed by atoms with Gasteiger partial charge in [-0.2, -0.15) is 23.5 Å². The van der Waals surface area contributed by atoms with E-state index < -0.39 is 0 Å².